The van der Waals surface area contributed by atoms with Crippen LogP contribution in [0.3, 0.4) is 0 Å². The Morgan fingerprint density at radius 1 is 1.33 bits per heavy atom. The predicted molar refractivity (Wildman–Crippen MR) is 74.1 cm³/mol. The number of nitrogen functional groups attached to an aromatic ring is 1. The summed E-state index contributed by atoms with van der Waals surface area (Å²) in [5, 5.41) is 3.65. The maximum Gasteiger partial charge on any atom is 0.0481 e. The van der Waals surface area contributed by atoms with E-state index in [-0.39, 0.29) is 5.54 Å². The van der Waals surface area contributed by atoms with Gasteiger partial charge in [-0.05, 0) is 60.6 Å². The Hall–Kier alpha value is -0.450. The lowest BCUT2D eigenvalue weighted by molar-refractivity contribution is 0.533. The van der Waals surface area contributed by atoms with Gasteiger partial charge in [-0.1, -0.05) is 12.8 Å². The van der Waals surface area contributed by atoms with E-state index >= 15 is 0 Å². The molecule has 3 heteroatoms. The highest BCUT2D eigenvalue weighted by Crippen LogP contribution is 2.34. The van der Waals surface area contributed by atoms with Gasteiger partial charge in [0.15, 0.2) is 0 Å². The van der Waals surface area contributed by atoms with Crippen molar-refractivity contribution in [1.29, 1.82) is 0 Å². The lowest BCUT2D eigenvalue weighted by Gasteiger charge is -2.27. The Kier molecular flexibility index (Phi) is 3.09. The van der Waals surface area contributed by atoms with Gasteiger partial charge < -0.3 is 11.1 Å². The molecular weight excluding hydrogens is 299 g/mol. The molecular formula is C12H17IN2. The molecule has 0 heterocycles. The zero-order valence-corrected chi connectivity index (χ0v) is 11.2. The van der Waals surface area contributed by atoms with E-state index in [4.69, 9.17) is 5.73 Å². The fourth-order valence-corrected chi connectivity index (χ4v) is 2.91. The fourth-order valence-electron chi connectivity index (χ4n) is 2.24. The Morgan fingerprint density at radius 2 is 2.00 bits per heavy atom. The number of nitrogens with one attached hydrogen (secondary N) is 1. The van der Waals surface area contributed by atoms with Crippen molar-refractivity contribution >= 4 is 34.0 Å². The first-order valence-electron chi connectivity index (χ1n) is 5.42. The molecule has 15 heavy (non-hydrogen) atoms. The van der Waals surface area contributed by atoms with Crippen molar-refractivity contribution in [3.05, 3.63) is 21.8 Å². The number of nitrogens with two attached hydrogens (primary N) is 1. The van der Waals surface area contributed by atoms with Crippen LogP contribution in [-0.2, 0) is 0 Å². The summed E-state index contributed by atoms with van der Waals surface area (Å²) in [6.45, 7) is 2.31. The molecule has 1 saturated carbocycles. The topological polar surface area (TPSA) is 38.0 Å². The summed E-state index contributed by atoms with van der Waals surface area (Å²) in [5.74, 6) is 0. The van der Waals surface area contributed by atoms with Crippen LogP contribution >= 0.6 is 22.6 Å². The minimum absolute atomic E-state index is 0.288. The maximum atomic E-state index is 5.74. The van der Waals surface area contributed by atoms with Crippen LogP contribution in [0.25, 0.3) is 0 Å². The first-order valence-corrected chi connectivity index (χ1v) is 6.50. The largest absolute Gasteiger partial charge is 0.399 e. The standard InChI is InChI=1S/C12H17IN2/c1-12(6-2-3-7-12)15-11-5-4-9(14)8-10(11)13/h4-5,8,15H,2-3,6-7,14H2,1H3. The highest BCUT2D eigenvalue weighted by molar-refractivity contribution is 14.1. The normalized spacial score (nSPS) is 19.1. The molecule has 0 radical (unpaired) electrons. The highest BCUT2D eigenvalue weighted by Gasteiger charge is 2.28. The van der Waals surface area contributed by atoms with Gasteiger partial charge in [0, 0.05) is 20.5 Å². The second kappa shape index (κ2) is 4.20. The Morgan fingerprint density at radius 3 is 2.60 bits per heavy atom. The lowest BCUT2D eigenvalue weighted by Crippen LogP contribution is -2.31. The summed E-state index contributed by atoms with van der Waals surface area (Å²) in [7, 11) is 0. The third kappa shape index (κ3) is 2.56. The van der Waals surface area contributed by atoms with Crippen molar-refractivity contribution in [2.75, 3.05) is 11.1 Å². The van der Waals surface area contributed by atoms with Crippen molar-refractivity contribution in [3.63, 3.8) is 0 Å². The van der Waals surface area contributed by atoms with E-state index in [2.05, 4.69) is 40.9 Å². The number of anilines is 2. The SMILES string of the molecule is CC1(Nc2ccc(N)cc2I)CCCC1. The summed E-state index contributed by atoms with van der Waals surface area (Å²) in [6, 6.07) is 6.06. The maximum absolute atomic E-state index is 5.74. The van der Waals surface area contributed by atoms with E-state index < -0.39 is 0 Å². The molecule has 0 spiro atoms. The fraction of sp³-hybridized carbons (Fsp3) is 0.500. The molecule has 0 amide bonds. The predicted octanol–water partition coefficient (Wildman–Crippen LogP) is 3.62. The molecule has 1 aromatic carbocycles. The number of benzene rings is 1. The van der Waals surface area contributed by atoms with Crippen molar-refractivity contribution in [2.45, 2.75) is 38.1 Å². The van der Waals surface area contributed by atoms with Crippen LogP contribution in [0, 0.1) is 3.57 Å². The molecule has 3 N–H and O–H groups in total. The van der Waals surface area contributed by atoms with Crippen molar-refractivity contribution in [3.8, 4) is 0 Å². The smallest absolute Gasteiger partial charge is 0.0481 e. The van der Waals surface area contributed by atoms with Crippen molar-refractivity contribution < 1.29 is 0 Å². The lowest BCUT2D eigenvalue weighted by atomic mass is 10.0. The molecule has 2 rings (SSSR count). The zero-order valence-electron chi connectivity index (χ0n) is 9.02. The molecule has 1 fully saturated rings. The second-order valence-electron chi connectivity index (χ2n) is 4.63. The molecule has 82 valence electrons. The van der Waals surface area contributed by atoms with Crippen LogP contribution in [-0.4, -0.2) is 5.54 Å². The average Bonchev–Trinajstić information content (AvgIpc) is 2.58. The van der Waals surface area contributed by atoms with Crippen molar-refractivity contribution in [2.24, 2.45) is 0 Å². The molecule has 0 bridgehead atoms. The Bertz CT molecular complexity index is 357. The molecule has 1 aliphatic rings. The number of rotatable bonds is 2. The molecule has 1 aliphatic carbocycles. The molecule has 0 unspecified atom stereocenters. The minimum atomic E-state index is 0.288. The second-order valence-corrected chi connectivity index (χ2v) is 5.79. The molecule has 0 aromatic heterocycles. The third-order valence-electron chi connectivity index (χ3n) is 3.14. The summed E-state index contributed by atoms with van der Waals surface area (Å²) in [6.07, 6.45) is 5.23. The first-order chi connectivity index (χ1) is 7.09. The summed E-state index contributed by atoms with van der Waals surface area (Å²) < 4.78 is 1.21. The van der Waals surface area contributed by atoms with Gasteiger partial charge in [0.2, 0.25) is 0 Å². The monoisotopic (exact) mass is 316 g/mol. The van der Waals surface area contributed by atoms with Gasteiger partial charge in [-0.2, -0.15) is 0 Å². The van der Waals surface area contributed by atoms with Crippen LogP contribution in [0.1, 0.15) is 32.6 Å². The minimum Gasteiger partial charge on any atom is -0.399 e. The highest BCUT2D eigenvalue weighted by atomic mass is 127. The number of hydrogen-bond donors (Lipinski definition) is 2. The van der Waals surface area contributed by atoms with Gasteiger partial charge in [-0.3, -0.25) is 0 Å². The first kappa shape index (κ1) is 11.0. The third-order valence-corrected chi connectivity index (χ3v) is 4.03. The van der Waals surface area contributed by atoms with Crippen LogP contribution in [0.5, 0.6) is 0 Å². The van der Waals surface area contributed by atoms with Crippen LogP contribution < -0.4 is 11.1 Å². The van der Waals surface area contributed by atoms with Gasteiger partial charge in [-0.25, -0.2) is 0 Å². The van der Waals surface area contributed by atoms with Crippen LogP contribution in [0.15, 0.2) is 18.2 Å². The van der Waals surface area contributed by atoms with Gasteiger partial charge in [0.1, 0.15) is 0 Å². The average molecular weight is 316 g/mol. The summed E-state index contributed by atoms with van der Waals surface area (Å²) in [4.78, 5) is 0. The van der Waals surface area contributed by atoms with E-state index in [1.54, 1.807) is 0 Å². The van der Waals surface area contributed by atoms with E-state index in [0.717, 1.165) is 5.69 Å². The van der Waals surface area contributed by atoms with E-state index in [1.165, 1.54) is 34.9 Å². The van der Waals surface area contributed by atoms with Gasteiger partial charge in [0.05, 0.1) is 0 Å². The van der Waals surface area contributed by atoms with E-state index in [0.29, 0.717) is 0 Å². The Labute approximate surface area is 105 Å². The van der Waals surface area contributed by atoms with Gasteiger partial charge in [-0.15, -0.1) is 0 Å². The molecule has 0 saturated heterocycles. The van der Waals surface area contributed by atoms with Crippen LogP contribution in [0.4, 0.5) is 11.4 Å². The summed E-state index contributed by atoms with van der Waals surface area (Å²) >= 11 is 2.34. The van der Waals surface area contributed by atoms with E-state index in [9.17, 15) is 0 Å². The molecule has 2 nitrogen and oxygen atoms in total. The number of hydrogen-bond acceptors (Lipinski definition) is 2. The molecule has 0 atom stereocenters. The zero-order chi connectivity index (χ0) is 10.9. The van der Waals surface area contributed by atoms with Gasteiger partial charge in [0.25, 0.3) is 0 Å². The quantitative estimate of drug-likeness (QED) is 0.646. The van der Waals surface area contributed by atoms with Crippen molar-refractivity contribution in [1.82, 2.24) is 0 Å². The summed E-state index contributed by atoms with van der Waals surface area (Å²) in [5.41, 5.74) is 8.08. The van der Waals surface area contributed by atoms with Gasteiger partial charge >= 0.3 is 0 Å². The van der Waals surface area contributed by atoms with E-state index in [1.807, 2.05) is 12.1 Å². The molecule has 1 aromatic rings. The van der Waals surface area contributed by atoms with Crippen LogP contribution in [0.2, 0.25) is 0 Å². The molecule has 0 aliphatic heterocycles. The number of halogens is 1. The Balaban J connectivity index is 2.16.